The van der Waals surface area contributed by atoms with E-state index in [1.165, 1.54) is 31.3 Å². The lowest BCUT2D eigenvalue weighted by molar-refractivity contribution is 0.102. The SMILES string of the molecule is CN(OS(=O)[O-])c1ccc2cc(C(=O)Nc3cccc(S(=O)(=O)c4cccc(Br)c4)c3)[nH]c2c1. The molecule has 1 amide bonds. The van der Waals surface area contributed by atoms with Crippen molar-refractivity contribution in [2.24, 2.45) is 0 Å². The number of sulfone groups is 1. The average Bonchev–Trinajstić information content (AvgIpc) is 3.22. The number of hydrogen-bond donors (Lipinski definition) is 2. The molecule has 0 saturated carbocycles. The Morgan fingerprint density at radius 2 is 1.76 bits per heavy atom. The number of H-pyrrole nitrogens is 1. The van der Waals surface area contributed by atoms with Gasteiger partial charge in [-0.05, 0) is 54.6 Å². The topological polar surface area (TPSA) is 132 Å². The van der Waals surface area contributed by atoms with Gasteiger partial charge in [0.05, 0.1) is 15.5 Å². The van der Waals surface area contributed by atoms with Gasteiger partial charge in [0.15, 0.2) is 0 Å². The predicted molar refractivity (Wildman–Crippen MR) is 131 cm³/mol. The highest BCUT2D eigenvalue weighted by molar-refractivity contribution is 9.10. The molecule has 0 aliphatic rings. The fraction of sp³-hybridized carbons (Fsp3) is 0.0455. The second kappa shape index (κ2) is 9.68. The number of amides is 1. The van der Waals surface area contributed by atoms with E-state index < -0.39 is 27.1 Å². The molecule has 4 rings (SSSR count). The van der Waals surface area contributed by atoms with E-state index in [4.69, 9.17) is 0 Å². The van der Waals surface area contributed by atoms with E-state index in [1.807, 2.05) is 0 Å². The second-order valence-electron chi connectivity index (χ2n) is 7.17. The van der Waals surface area contributed by atoms with E-state index in [2.05, 4.69) is 30.5 Å². The molecule has 4 aromatic rings. The number of nitrogens with one attached hydrogen (secondary N) is 2. The molecule has 0 aliphatic heterocycles. The molecule has 9 nitrogen and oxygen atoms in total. The van der Waals surface area contributed by atoms with Crippen molar-refractivity contribution in [1.29, 1.82) is 0 Å². The number of halogens is 1. The van der Waals surface area contributed by atoms with Gasteiger partial charge in [-0.15, -0.1) is 0 Å². The summed E-state index contributed by atoms with van der Waals surface area (Å²) in [5.74, 6) is -0.472. The first-order chi connectivity index (χ1) is 16.1. The first-order valence-corrected chi connectivity index (χ1v) is 13.0. The maximum atomic E-state index is 13.0. The van der Waals surface area contributed by atoms with Gasteiger partial charge in [-0.1, -0.05) is 34.1 Å². The minimum absolute atomic E-state index is 0.0449. The van der Waals surface area contributed by atoms with Gasteiger partial charge in [0.25, 0.3) is 5.91 Å². The van der Waals surface area contributed by atoms with Gasteiger partial charge in [0.2, 0.25) is 9.84 Å². The normalized spacial score (nSPS) is 12.4. The van der Waals surface area contributed by atoms with Crippen LogP contribution in [-0.4, -0.2) is 35.1 Å². The Labute approximate surface area is 206 Å². The first-order valence-electron chi connectivity index (χ1n) is 9.70. The largest absolute Gasteiger partial charge is 0.748 e. The molecule has 0 saturated heterocycles. The Hall–Kier alpha value is -3.03. The number of fused-ring (bicyclic) bond motifs is 1. The second-order valence-corrected chi connectivity index (χ2v) is 10.6. The summed E-state index contributed by atoms with van der Waals surface area (Å²) in [6.07, 6.45) is 0. The zero-order valence-electron chi connectivity index (χ0n) is 17.5. The minimum atomic E-state index is -3.78. The molecule has 1 heterocycles. The number of aromatic amines is 1. The van der Waals surface area contributed by atoms with Crippen molar-refractivity contribution in [3.05, 3.63) is 83.0 Å². The van der Waals surface area contributed by atoms with Crippen LogP contribution in [-0.2, 0) is 25.5 Å². The van der Waals surface area contributed by atoms with Crippen LogP contribution < -0.4 is 10.4 Å². The number of hydroxylamine groups is 1. The van der Waals surface area contributed by atoms with Crippen molar-refractivity contribution in [1.82, 2.24) is 4.98 Å². The fourth-order valence-electron chi connectivity index (χ4n) is 3.28. The number of hydrogen-bond acceptors (Lipinski definition) is 7. The maximum Gasteiger partial charge on any atom is 0.272 e. The van der Waals surface area contributed by atoms with E-state index in [-0.39, 0.29) is 15.5 Å². The summed E-state index contributed by atoms with van der Waals surface area (Å²) in [6, 6.07) is 19.0. The fourth-order valence-corrected chi connectivity index (χ4v) is 5.45. The smallest absolute Gasteiger partial charge is 0.272 e. The van der Waals surface area contributed by atoms with Gasteiger partial charge in [0, 0.05) is 28.1 Å². The lowest BCUT2D eigenvalue weighted by Gasteiger charge is -2.18. The van der Waals surface area contributed by atoms with Crippen molar-refractivity contribution in [3.63, 3.8) is 0 Å². The van der Waals surface area contributed by atoms with Crippen LogP contribution in [0.3, 0.4) is 0 Å². The molecule has 0 radical (unpaired) electrons. The highest BCUT2D eigenvalue weighted by Gasteiger charge is 2.19. The highest BCUT2D eigenvalue weighted by atomic mass is 79.9. The Morgan fingerprint density at radius 1 is 1.06 bits per heavy atom. The van der Waals surface area contributed by atoms with Crippen LogP contribution in [0.4, 0.5) is 11.4 Å². The minimum Gasteiger partial charge on any atom is -0.748 e. The van der Waals surface area contributed by atoms with E-state index in [0.29, 0.717) is 21.4 Å². The van der Waals surface area contributed by atoms with Crippen LogP contribution in [0.15, 0.2) is 87.1 Å². The van der Waals surface area contributed by atoms with Gasteiger partial charge in [-0.3, -0.25) is 4.79 Å². The Kier molecular flexibility index (Phi) is 6.86. The molecule has 0 bridgehead atoms. The Balaban J connectivity index is 1.57. The van der Waals surface area contributed by atoms with E-state index in [9.17, 15) is 22.0 Å². The van der Waals surface area contributed by atoms with Crippen molar-refractivity contribution in [3.8, 4) is 0 Å². The third kappa shape index (κ3) is 5.21. The molecule has 1 unspecified atom stereocenters. The Bertz CT molecular complexity index is 1520. The molecular weight excluding hydrogens is 546 g/mol. The molecule has 176 valence electrons. The van der Waals surface area contributed by atoms with Gasteiger partial charge in [-0.2, -0.15) is 4.28 Å². The summed E-state index contributed by atoms with van der Waals surface area (Å²) in [6.45, 7) is 0. The van der Waals surface area contributed by atoms with Crippen molar-refractivity contribution >= 4 is 65.3 Å². The zero-order chi connectivity index (χ0) is 24.5. The van der Waals surface area contributed by atoms with E-state index in [0.717, 1.165) is 10.4 Å². The van der Waals surface area contributed by atoms with Crippen LogP contribution >= 0.6 is 15.9 Å². The lowest BCUT2D eigenvalue weighted by Crippen LogP contribution is -2.18. The van der Waals surface area contributed by atoms with Gasteiger partial charge in [0.1, 0.15) is 17.1 Å². The molecule has 1 atom stereocenters. The van der Waals surface area contributed by atoms with Crippen molar-refractivity contribution in [2.75, 3.05) is 17.4 Å². The van der Waals surface area contributed by atoms with Crippen LogP contribution in [0.25, 0.3) is 10.9 Å². The van der Waals surface area contributed by atoms with Crippen LogP contribution in [0.5, 0.6) is 0 Å². The third-order valence-corrected chi connectivity index (χ3v) is 7.48. The number of nitrogens with zero attached hydrogens (tertiary/aromatic N) is 1. The standard InChI is InChI=1S/C22H18BrN3O6S2/c1-26(32-33(28)29)17-9-8-14-10-21(25-20(14)13-17)22(27)24-16-5-3-7-19(12-16)34(30,31)18-6-2-4-15(23)11-18/h2-13,25H,1H3,(H,24,27)(H,28,29)/p-1. The number of carbonyl (C=O) groups excluding carboxylic acids is 1. The van der Waals surface area contributed by atoms with E-state index >= 15 is 0 Å². The van der Waals surface area contributed by atoms with Crippen LogP contribution in [0.2, 0.25) is 0 Å². The monoisotopic (exact) mass is 562 g/mol. The molecule has 12 heteroatoms. The maximum absolute atomic E-state index is 13.0. The molecule has 3 aromatic carbocycles. The van der Waals surface area contributed by atoms with Crippen LogP contribution in [0, 0.1) is 0 Å². The predicted octanol–water partition coefficient (Wildman–Crippen LogP) is 4.18. The van der Waals surface area contributed by atoms with Gasteiger partial charge < -0.3 is 14.9 Å². The average molecular weight is 563 g/mol. The molecule has 0 fully saturated rings. The number of carbonyl (C=O) groups is 1. The summed E-state index contributed by atoms with van der Waals surface area (Å²) in [5, 5.41) is 4.49. The number of anilines is 2. The highest BCUT2D eigenvalue weighted by Crippen LogP contribution is 2.26. The summed E-state index contributed by atoms with van der Waals surface area (Å²) in [7, 11) is -2.34. The van der Waals surface area contributed by atoms with Crippen LogP contribution in [0.1, 0.15) is 10.5 Å². The lowest BCUT2D eigenvalue weighted by atomic mass is 10.2. The number of benzene rings is 3. The van der Waals surface area contributed by atoms with Gasteiger partial charge in [-0.25, -0.2) is 17.7 Å². The summed E-state index contributed by atoms with van der Waals surface area (Å²) in [4.78, 5) is 16.0. The van der Waals surface area contributed by atoms with Gasteiger partial charge >= 0.3 is 0 Å². The van der Waals surface area contributed by atoms with Crippen molar-refractivity contribution in [2.45, 2.75) is 9.79 Å². The Morgan fingerprint density at radius 3 is 2.47 bits per heavy atom. The van der Waals surface area contributed by atoms with E-state index in [1.54, 1.807) is 48.5 Å². The number of rotatable bonds is 7. The zero-order valence-corrected chi connectivity index (χ0v) is 20.7. The first kappa shape index (κ1) is 24.1. The molecular formula is C22H17BrN3O6S2-. The van der Waals surface area contributed by atoms with Crippen molar-refractivity contribution < 1.29 is 26.3 Å². The molecule has 0 aliphatic carbocycles. The summed E-state index contributed by atoms with van der Waals surface area (Å²) in [5.41, 5.74) is 1.59. The summed E-state index contributed by atoms with van der Waals surface area (Å²) < 4.78 is 52.6. The molecule has 0 spiro atoms. The molecule has 2 N–H and O–H groups in total. The third-order valence-electron chi connectivity index (χ3n) is 4.90. The molecule has 1 aromatic heterocycles. The molecule has 34 heavy (non-hydrogen) atoms. The number of aromatic nitrogens is 1. The quantitative estimate of drug-likeness (QED) is 0.255. The summed E-state index contributed by atoms with van der Waals surface area (Å²) >= 11 is 0.555.